The Labute approximate surface area is 97.2 Å². The van der Waals surface area contributed by atoms with Crippen molar-refractivity contribution in [1.82, 2.24) is 4.98 Å². The van der Waals surface area contributed by atoms with Crippen LogP contribution in [0.15, 0.2) is 18.3 Å². The second kappa shape index (κ2) is 5.91. The molecule has 1 aromatic rings. The van der Waals surface area contributed by atoms with Crippen molar-refractivity contribution in [1.29, 1.82) is 0 Å². The number of aromatic nitrogens is 1. The van der Waals surface area contributed by atoms with Crippen molar-refractivity contribution < 1.29 is 17.9 Å². The van der Waals surface area contributed by atoms with Gasteiger partial charge in [-0.15, -0.1) is 12.4 Å². The van der Waals surface area contributed by atoms with E-state index < -0.39 is 12.8 Å². The number of rotatable bonds is 3. The van der Waals surface area contributed by atoms with Crippen molar-refractivity contribution in [3.63, 3.8) is 0 Å². The third-order valence-corrected chi connectivity index (χ3v) is 1.63. The predicted octanol–water partition coefficient (Wildman–Crippen LogP) is 2.46. The average molecular weight is 257 g/mol. The Morgan fingerprint density at radius 3 is 2.44 bits per heavy atom. The standard InChI is InChI=1S/C9H11F3N2O.ClH/c1-6(13)8-3-2-7(4-14-8)15-5-9(10,11)12;/h2-4,6H,5,13H2,1H3;1H/t6-;/m1./s1. The maximum absolute atomic E-state index is 11.8. The fraction of sp³-hybridized carbons (Fsp3) is 0.444. The molecule has 1 rings (SSSR count). The first-order valence-corrected chi connectivity index (χ1v) is 4.29. The van der Waals surface area contributed by atoms with Gasteiger partial charge < -0.3 is 10.5 Å². The van der Waals surface area contributed by atoms with Crippen LogP contribution >= 0.6 is 12.4 Å². The van der Waals surface area contributed by atoms with Crippen LogP contribution in [-0.2, 0) is 0 Å². The molecule has 1 aromatic heterocycles. The summed E-state index contributed by atoms with van der Waals surface area (Å²) < 4.78 is 39.8. The molecule has 0 fully saturated rings. The Hall–Kier alpha value is -1.01. The van der Waals surface area contributed by atoms with Crippen molar-refractivity contribution in [3.8, 4) is 5.75 Å². The molecule has 0 aliphatic heterocycles. The zero-order valence-electron chi connectivity index (χ0n) is 8.49. The number of nitrogens with two attached hydrogens (primary N) is 1. The summed E-state index contributed by atoms with van der Waals surface area (Å²) in [7, 11) is 0. The molecule has 0 unspecified atom stereocenters. The second-order valence-corrected chi connectivity index (χ2v) is 3.11. The van der Waals surface area contributed by atoms with Crippen molar-refractivity contribution in [3.05, 3.63) is 24.0 Å². The van der Waals surface area contributed by atoms with E-state index in [0.717, 1.165) is 0 Å². The van der Waals surface area contributed by atoms with Gasteiger partial charge in [0.15, 0.2) is 6.61 Å². The molecule has 1 heterocycles. The lowest BCUT2D eigenvalue weighted by molar-refractivity contribution is -0.153. The molecule has 0 radical (unpaired) electrons. The minimum Gasteiger partial charge on any atom is -0.483 e. The molecule has 0 bridgehead atoms. The van der Waals surface area contributed by atoms with Crippen LogP contribution in [0.1, 0.15) is 18.7 Å². The minimum absolute atomic E-state index is 0. The van der Waals surface area contributed by atoms with Crippen molar-refractivity contribution in [2.75, 3.05) is 6.61 Å². The molecular formula is C9H12ClF3N2O. The van der Waals surface area contributed by atoms with Gasteiger partial charge >= 0.3 is 6.18 Å². The van der Waals surface area contributed by atoms with Gasteiger partial charge in [0.05, 0.1) is 11.9 Å². The van der Waals surface area contributed by atoms with E-state index in [-0.39, 0.29) is 24.2 Å². The lowest BCUT2D eigenvalue weighted by Crippen LogP contribution is -2.19. The van der Waals surface area contributed by atoms with E-state index in [1.54, 1.807) is 6.92 Å². The fourth-order valence-electron chi connectivity index (χ4n) is 0.912. The highest BCUT2D eigenvalue weighted by Crippen LogP contribution is 2.18. The number of hydrogen-bond donors (Lipinski definition) is 1. The van der Waals surface area contributed by atoms with E-state index in [0.29, 0.717) is 5.69 Å². The lowest BCUT2D eigenvalue weighted by Gasteiger charge is -2.09. The van der Waals surface area contributed by atoms with E-state index in [2.05, 4.69) is 9.72 Å². The van der Waals surface area contributed by atoms with Gasteiger partial charge in [0, 0.05) is 6.04 Å². The summed E-state index contributed by atoms with van der Waals surface area (Å²) in [6.07, 6.45) is -3.11. The van der Waals surface area contributed by atoms with Crippen LogP contribution in [0.4, 0.5) is 13.2 Å². The molecule has 0 saturated heterocycles. The summed E-state index contributed by atoms with van der Waals surface area (Å²) in [5, 5.41) is 0. The Bertz CT molecular complexity index is 314. The molecule has 3 nitrogen and oxygen atoms in total. The third kappa shape index (κ3) is 5.18. The number of halogens is 4. The summed E-state index contributed by atoms with van der Waals surface area (Å²) in [5.41, 5.74) is 6.13. The average Bonchev–Trinajstić information content (AvgIpc) is 2.14. The SMILES string of the molecule is C[C@@H](N)c1ccc(OCC(F)(F)F)cn1.Cl. The largest absolute Gasteiger partial charge is 0.483 e. The molecule has 7 heteroatoms. The van der Waals surface area contributed by atoms with Gasteiger partial charge in [-0.05, 0) is 19.1 Å². The molecular weight excluding hydrogens is 245 g/mol. The molecule has 16 heavy (non-hydrogen) atoms. The van der Waals surface area contributed by atoms with Gasteiger partial charge in [0.1, 0.15) is 5.75 Å². The molecule has 92 valence electrons. The summed E-state index contributed by atoms with van der Waals surface area (Å²) in [5.74, 6) is 0.0803. The van der Waals surface area contributed by atoms with Gasteiger partial charge in [-0.3, -0.25) is 4.98 Å². The van der Waals surface area contributed by atoms with Gasteiger partial charge in [-0.25, -0.2) is 0 Å². The van der Waals surface area contributed by atoms with Gasteiger partial charge in [-0.2, -0.15) is 13.2 Å². The van der Waals surface area contributed by atoms with Crippen LogP contribution in [0.2, 0.25) is 0 Å². The predicted molar refractivity (Wildman–Crippen MR) is 55.6 cm³/mol. The molecule has 0 amide bonds. The molecule has 0 aromatic carbocycles. The van der Waals surface area contributed by atoms with Gasteiger partial charge in [0.2, 0.25) is 0 Å². The quantitative estimate of drug-likeness (QED) is 0.904. The smallest absolute Gasteiger partial charge is 0.422 e. The van der Waals surface area contributed by atoms with E-state index in [9.17, 15) is 13.2 Å². The summed E-state index contributed by atoms with van der Waals surface area (Å²) in [6, 6.07) is 2.70. The van der Waals surface area contributed by atoms with Crippen LogP contribution in [0.5, 0.6) is 5.75 Å². The normalized spacial score (nSPS) is 12.8. The first-order valence-electron chi connectivity index (χ1n) is 4.29. The topological polar surface area (TPSA) is 48.1 Å². The van der Waals surface area contributed by atoms with E-state index >= 15 is 0 Å². The van der Waals surface area contributed by atoms with Crippen LogP contribution < -0.4 is 10.5 Å². The summed E-state index contributed by atoms with van der Waals surface area (Å²) in [4.78, 5) is 3.86. The zero-order valence-corrected chi connectivity index (χ0v) is 9.31. The monoisotopic (exact) mass is 256 g/mol. The van der Waals surface area contributed by atoms with Gasteiger partial charge in [0.25, 0.3) is 0 Å². The minimum atomic E-state index is -4.33. The Morgan fingerprint density at radius 2 is 2.06 bits per heavy atom. The molecule has 0 spiro atoms. The fourth-order valence-corrected chi connectivity index (χ4v) is 0.912. The highest BCUT2D eigenvalue weighted by atomic mass is 35.5. The van der Waals surface area contributed by atoms with Crippen LogP contribution in [0.3, 0.4) is 0 Å². The summed E-state index contributed by atoms with van der Waals surface area (Å²) >= 11 is 0. The van der Waals surface area contributed by atoms with E-state index in [4.69, 9.17) is 5.73 Å². The number of nitrogens with zero attached hydrogens (tertiary/aromatic N) is 1. The number of hydrogen-bond acceptors (Lipinski definition) is 3. The third-order valence-electron chi connectivity index (χ3n) is 1.63. The summed E-state index contributed by atoms with van der Waals surface area (Å²) in [6.45, 7) is 0.421. The molecule has 0 saturated carbocycles. The van der Waals surface area contributed by atoms with Crippen molar-refractivity contribution in [2.45, 2.75) is 19.1 Å². The highest BCUT2D eigenvalue weighted by molar-refractivity contribution is 5.85. The molecule has 0 aliphatic carbocycles. The lowest BCUT2D eigenvalue weighted by atomic mass is 10.2. The van der Waals surface area contributed by atoms with Gasteiger partial charge in [-0.1, -0.05) is 0 Å². The maximum atomic E-state index is 11.8. The van der Waals surface area contributed by atoms with Crippen LogP contribution in [0.25, 0.3) is 0 Å². The van der Waals surface area contributed by atoms with Crippen LogP contribution in [0, 0.1) is 0 Å². The number of pyridine rings is 1. The van der Waals surface area contributed by atoms with Crippen LogP contribution in [-0.4, -0.2) is 17.8 Å². The highest BCUT2D eigenvalue weighted by Gasteiger charge is 2.28. The number of alkyl halides is 3. The molecule has 0 aliphatic rings. The van der Waals surface area contributed by atoms with E-state index in [1.165, 1.54) is 18.3 Å². The maximum Gasteiger partial charge on any atom is 0.422 e. The Morgan fingerprint density at radius 1 is 1.44 bits per heavy atom. The molecule has 2 N–H and O–H groups in total. The Kier molecular flexibility index (Phi) is 5.53. The second-order valence-electron chi connectivity index (χ2n) is 3.11. The Balaban J connectivity index is 0.00000225. The zero-order chi connectivity index (χ0) is 11.5. The first kappa shape index (κ1) is 15.0. The molecule has 1 atom stereocenters. The van der Waals surface area contributed by atoms with Crippen molar-refractivity contribution in [2.24, 2.45) is 5.73 Å². The number of ether oxygens (including phenoxy) is 1. The van der Waals surface area contributed by atoms with Crippen molar-refractivity contribution >= 4 is 12.4 Å². The van der Waals surface area contributed by atoms with E-state index in [1.807, 2.05) is 0 Å². The first-order chi connectivity index (χ1) is 6.88.